The van der Waals surface area contributed by atoms with Crippen LogP contribution in [0.4, 0.5) is 0 Å². The molecular weight excluding hydrogens is 264 g/mol. The Labute approximate surface area is 123 Å². The third-order valence-electron chi connectivity index (χ3n) is 2.91. The quantitative estimate of drug-likeness (QED) is 0.499. The highest BCUT2D eigenvalue weighted by atomic mass is 16.3. The molecule has 1 aromatic carbocycles. The first-order valence-corrected chi connectivity index (χ1v) is 6.50. The van der Waals surface area contributed by atoms with E-state index in [1.54, 1.807) is 36.4 Å². The standard InChI is InChI=1S/C17H16N2O2/c1-3-5-6-12(4-2)16(21)15-11-18-17(19-15)13-7-9-14(20)10-8-13/h3-11,20H,2H2,1H3,(H,18,19)/b5-3-,12-6+. The second kappa shape index (κ2) is 6.52. The summed E-state index contributed by atoms with van der Waals surface area (Å²) >= 11 is 0. The monoisotopic (exact) mass is 280 g/mol. The normalized spacial score (nSPS) is 11.8. The molecule has 0 saturated carbocycles. The van der Waals surface area contributed by atoms with Gasteiger partial charge in [-0.25, -0.2) is 4.98 Å². The van der Waals surface area contributed by atoms with Gasteiger partial charge in [-0.3, -0.25) is 4.79 Å². The Balaban J connectivity index is 2.29. The summed E-state index contributed by atoms with van der Waals surface area (Å²) in [5.41, 5.74) is 1.69. The number of hydrogen-bond acceptors (Lipinski definition) is 3. The van der Waals surface area contributed by atoms with Crippen molar-refractivity contribution in [3.8, 4) is 17.1 Å². The van der Waals surface area contributed by atoms with Gasteiger partial charge in [0.1, 0.15) is 17.3 Å². The number of hydrogen-bond donors (Lipinski definition) is 2. The maximum atomic E-state index is 12.3. The van der Waals surface area contributed by atoms with Crippen molar-refractivity contribution in [2.75, 3.05) is 0 Å². The van der Waals surface area contributed by atoms with E-state index in [1.165, 1.54) is 12.3 Å². The van der Waals surface area contributed by atoms with E-state index in [0.29, 0.717) is 17.1 Å². The number of aromatic nitrogens is 2. The molecule has 0 spiro atoms. The van der Waals surface area contributed by atoms with E-state index < -0.39 is 0 Å². The molecule has 4 nitrogen and oxygen atoms in total. The second-order valence-electron chi connectivity index (χ2n) is 4.37. The van der Waals surface area contributed by atoms with Crippen LogP contribution in [0.25, 0.3) is 11.4 Å². The summed E-state index contributed by atoms with van der Waals surface area (Å²) in [7, 11) is 0. The number of imidazole rings is 1. The number of carbonyl (C=O) groups is 1. The number of phenols is 1. The number of allylic oxidation sites excluding steroid dienone is 5. The van der Waals surface area contributed by atoms with Gasteiger partial charge < -0.3 is 10.1 Å². The maximum absolute atomic E-state index is 12.3. The van der Waals surface area contributed by atoms with Crippen molar-refractivity contribution in [2.24, 2.45) is 0 Å². The van der Waals surface area contributed by atoms with E-state index >= 15 is 0 Å². The highest BCUT2D eigenvalue weighted by Gasteiger charge is 2.13. The Hall–Kier alpha value is -2.88. The van der Waals surface area contributed by atoms with Crippen molar-refractivity contribution >= 4 is 5.78 Å². The van der Waals surface area contributed by atoms with E-state index in [2.05, 4.69) is 16.5 Å². The Morgan fingerprint density at radius 2 is 2.05 bits per heavy atom. The van der Waals surface area contributed by atoms with E-state index in [0.717, 1.165) is 5.56 Å². The first kappa shape index (κ1) is 14.5. The number of Topliss-reactive ketones (excluding diaryl/α,β-unsaturated/α-hetero) is 1. The van der Waals surface area contributed by atoms with Gasteiger partial charge in [0.05, 0.1) is 6.20 Å². The highest BCUT2D eigenvalue weighted by molar-refractivity contribution is 6.09. The van der Waals surface area contributed by atoms with Crippen molar-refractivity contribution in [1.29, 1.82) is 0 Å². The van der Waals surface area contributed by atoms with Gasteiger partial charge in [-0.15, -0.1) is 0 Å². The molecule has 4 heteroatoms. The van der Waals surface area contributed by atoms with Gasteiger partial charge in [-0.2, -0.15) is 0 Å². The van der Waals surface area contributed by atoms with Crippen LogP contribution in [-0.4, -0.2) is 20.9 Å². The smallest absolute Gasteiger partial charge is 0.210 e. The summed E-state index contributed by atoms with van der Waals surface area (Å²) in [5.74, 6) is 0.596. The molecule has 0 aliphatic rings. The van der Waals surface area contributed by atoms with E-state index in [9.17, 15) is 9.90 Å². The zero-order chi connectivity index (χ0) is 15.2. The fourth-order valence-electron chi connectivity index (χ4n) is 1.79. The van der Waals surface area contributed by atoms with E-state index in [-0.39, 0.29) is 11.5 Å². The average Bonchev–Trinajstić information content (AvgIpc) is 2.98. The fraction of sp³-hybridized carbons (Fsp3) is 0.0588. The van der Waals surface area contributed by atoms with Crippen LogP contribution in [0.5, 0.6) is 5.75 Å². The second-order valence-corrected chi connectivity index (χ2v) is 4.37. The number of ketones is 1. The minimum atomic E-state index is -0.166. The number of aromatic amines is 1. The molecule has 0 amide bonds. The van der Waals surface area contributed by atoms with Crippen LogP contribution in [0.15, 0.2) is 66.9 Å². The lowest BCUT2D eigenvalue weighted by Gasteiger charge is -1.99. The van der Waals surface area contributed by atoms with Crippen molar-refractivity contribution in [2.45, 2.75) is 6.92 Å². The molecule has 1 aromatic heterocycles. The molecule has 0 saturated heterocycles. The average molecular weight is 280 g/mol. The van der Waals surface area contributed by atoms with Crippen molar-refractivity contribution in [3.05, 3.63) is 72.6 Å². The molecule has 2 rings (SSSR count). The fourth-order valence-corrected chi connectivity index (χ4v) is 1.79. The number of benzene rings is 1. The van der Waals surface area contributed by atoms with Gasteiger partial charge in [0.15, 0.2) is 0 Å². The largest absolute Gasteiger partial charge is 0.508 e. The lowest BCUT2D eigenvalue weighted by atomic mass is 10.1. The molecule has 0 aliphatic carbocycles. The van der Waals surface area contributed by atoms with Gasteiger partial charge in [0, 0.05) is 11.1 Å². The molecule has 0 aliphatic heterocycles. The van der Waals surface area contributed by atoms with Crippen molar-refractivity contribution in [3.63, 3.8) is 0 Å². The summed E-state index contributed by atoms with van der Waals surface area (Å²) in [5, 5.41) is 9.27. The van der Waals surface area contributed by atoms with Gasteiger partial charge in [0.25, 0.3) is 0 Å². The van der Waals surface area contributed by atoms with Crippen LogP contribution in [0, 0.1) is 0 Å². The molecule has 21 heavy (non-hydrogen) atoms. The van der Waals surface area contributed by atoms with Gasteiger partial charge >= 0.3 is 0 Å². The predicted molar refractivity (Wildman–Crippen MR) is 83.1 cm³/mol. The molecule has 0 bridgehead atoms. The summed E-state index contributed by atoms with van der Waals surface area (Å²) < 4.78 is 0. The molecular formula is C17H16N2O2. The summed E-state index contributed by atoms with van der Waals surface area (Å²) in [4.78, 5) is 19.5. The van der Waals surface area contributed by atoms with E-state index in [1.807, 2.05) is 13.0 Å². The van der Waals surface area contributed by atoms with Gasteiger partial charge in [-0.1, -0.05) is 30.9 Å². The Kier molecular flexibility index (Phi) is 4.51. The van der Waals surface area contributed by atoms with Crippen LogP contribution >= 0.6 is 0 Å². The molecule has 2 N–H and O–H groups in total. The van der Waals surface area contributed by atoms with Crippen molar-refractivity contribution in [1.82, 2.24) is 9.97 Å². The molecule has 1 heterocycles. The first-order valence-electron chi connectivity index (χ1n) is 6.50. The van der Waals surface area contributed by atoms with Crippen LogP contribution in [0.1, 0.15) is 17.4 Å². The van der Waals surface area contributed by atoms with Crippen LogP contribution in [0.2, 0.25) is 0 Å². The highest BCUT2D eigenvalue weighted by Crippen LogP contribution is 2.20. The third-order valence-corrected chi connectivity index (χ3v) is 2.91. The third kappa shape index (κ3) is 3.36. The molecule has 0 fully saturated rings. The topological polar surface area (TPSA) is 66.0 Å². The predicted octanol–water partition coefficient (Wildman–Crippen LogP) is 3.65. The number of rotatable bonds is 5. The molecule has 2 aromatic rings. The summed E-state index contributed by atoms with van der Waals surface area (Å²) in [6, 6.07) is 6.60. The Morgan fingerprint density at radius 3 is 2.67 bits per heavy atom. The molecule has 0 atom stereocenters. The first-order chi connectivity index (χ1) is 10.2. The van der Waals surface area contributed by atoms with Crippen molar-refractivity contribution < 1.29 is 9.90 Å². The Bertz CT molecular complexity index is 707. The number of nitrogens with zero attached hydrogens (tertiary/aromatic N) is 1. The zero-order valence-corrected chi connectivity index (χ0v) is 11.7. The SMILES string of the molecule is C=C/C(=C\C=C/C)C(=O)c1cnc(-c2ccc(O)cc2)[nH]1. The van der Waals surface area contributed by atoms with Crippen LogP contribution in [-0.2, 0) is 0 Å². The number of nitrogens with one attached hydrogen (secondary N) is 1. The zero-order valence-electron chi connectivity index (χ0n) is 11.7. The number of carbonyl (C=O) groups excluding carboxylic acids is 1. The maximum Gasteiger partial charge on any atom is 0.210 e. The Morgan fingerprint density at radius 1 is 1.33 bits per heavy atom. The lowest BCUT2D eigenvalue weighted by molar-refractivity contribution is 0.103. The minimum Gasteiger partial charge on any atom is -0.508 e. The molecule has 0 unspecified atom stereocenters. The number of phenolic OH excluding ortho intramolecular Hbond substituents is 1. The van der Waals surface area contributed by atoms with E-state index in [4.69, 9.17) is 0 Å². The molecule has 0 radical (unpaired) electrons. The minimum absolute atomic E-state index is 0.166. The molecule has 106 valence electrons. The summed E-state index contributed by atoms with van der Waals surface area (Å²) in [6.45, 7) is 5.53. The summed E-state index contributed by atoms with van der Waals surface area (Å²) in [6.07, 6.45) is 8.34. The van der Waals surface area contributed by atoms with Gasteiger partial charge in [-0.05, 0) is 31.2 Å². The number of aromatic hydroxyl groups is 1. The number of H-pyrrole nitrogens is 1. The van der Waals surface area contributed by atoms with Gasteiger partial charge in [0.2, 0.25) is 5.78 Å². The van der Waals surface area contributed by atoms with Crippen LogP contribution < -0.4 is 0 Å². The van der Waals surface area contributed by atoms with Crippen LogP contribution in [0.3, 0.4) is 0 Å². The lowest BCUT2D eigenvalue weighted by Crippen LogP contribution is -2.01.